The first-order valence-electron chi connectivity index (χ1n) is 5.92. The van der Waals surface area contributed by atoms with Crippen LogP contribution in [0.3, 0.4) is 0 Å². The van der Waals surface area contributed by atoms with E-state index in [-0.39, 0.29) is 0 Å². The van der Waals surface area contributed by atoms with Crippen molar-refractivity contribution in [2.45, 2.75) is 6.54 Å². The Balaban J connectivity index is 1.98. The summed E-state index contributed by atoms with van der Waals surface area (Å²) in [6.07, 6.45) is 2.05. The Hall–Kier alpha value is -1.64. The highest BCUT2D eigenvalue weighted by molar-refractivity contribution is 6.42. The number of nitrogens with two attached hydrogens (primary N) is 1. The van der Waals surface area contributed by atoms with Crippen LogP contribution in [0.2, 0.25) is 10.0 Å². The van der Waals surface area contributed by atoms with Crippen molar-refractivity contribution in [2.24, 2.45) is 0 Å². The molecule has 0 aliphatic carbocycles. The summed E-state index contributed by atoms with van der Waals surface area (Å²) in [4.78, 5) is 0. The number of hydrogen-bond donors (Lipinski definition) is 1. The summed E-state index contributed by atoms with van der Waals surface area (Å²) >= 11 is 12.0. The van der Waals surface area contributed by atoms with E-state index in [4.69, 9.17) is 28.9 Å². The highest BCUT2D eigenvalue weighted by Crippen LogP contribution is 2.24. The largest absolute Gasteiger partial charge is 0.399 e. The lowest BCUT2D eigenvalue weighted by atomic mass is 10.2. The Bertz CT molecular complexity index is 747. The molecule has 4 heteroatoms. The van der Waals surface area contributed by atoms with E-state index in [0.717, 1.165) is 28.7 Å². The highest BCUT2D eigenvalue weighted by atomic mass is 35.5. The molecule has 2 N–H and O–H groups in total. The molecule has 0 bridgehead atoms. The minimum Gasteiger partial charge on any atom is -0.399 e. The molecule has 3 aromatic rings. The van der Waals surface area contributed by atoms with E-state index in [2.05, 4.69) is 10.6 Å². The molecule has 1 heterocycles. The lowest BCUT2D eigenvalue weighted by Gasteiger charge is -2.07. The van der Waals surface area contributed by atoms with Crippen molar-refractivity contribution in [1.82, 2.24) is 4.57 Å². The Morgan fingerprint density at radius 3 is 2.58 bits per heavy atom. The number of aromatic nitrogens is 1. The summed E-state index contributed by atoms with van der Waals surface area (Å²) in [5.41, 5.74) is 8.83. The van der Waals surface area contributed by atoms with Gasteiger partial charge in [-0.15, -0.1) is 0 Å². The number of nitrogens with zero attached hydrogens (tertiary/aromatic N) is 1. The Morgan fingerprint density at radius 2 is 1.79 bits per heavy atom. The van der Waals surface area contributed by atoms with E-state index in [9.17, 15) is 0 Å². The maximum atomic E-state index is 6.04. The van der Waals surface area contributed by atoms with Crippen molar-refractivity contribution in [3.8, 4) is 0 Å². The molecule has 2 nitrogen and oxygen atoms in total. The van der Waals surface area contributed by atoms with Gasteiger partial charge in [0.1, 0.15) is 0 Å². The van der Waals surface area contributed by atoms with E-state index >= 15 is 0 Å². The van der Waals surface area contributed by atoms with E-state index in [1.165, 1.54) is 0 Å². The van der Waals surface area contributed by atoms with Gasteiger partial charge in [0.2, 0.25) is 0 Å². The van der Waals surface area contributed by atoms with Gasteiger partial charge in [0, 0.05) is 29.3 Å². The molecule has 1 aromatic heterocycles. The predicted molar refractivity (Wildman–Crippen MR) is 81.9 cm³/mol. The smallest absolute Gasteiger partial charge is 0.0595 e. The molecule has 0 aliphatic rings. The van der Waals surface area contributed by atoms with Crippen LogP contribution in [0.5, 0.6) is 0 Å². The third-order valence-corrected chi connectivity index (χ3v) is 3.87. The molecule has 0 spiro atoms. The summed E-state index contributed by atoms with van der Waals surface area (Å²) in [6.45, 7) is 0.754. The minimum atomic E-state index is 0.579. The molecule has 19 heavy (non-hydrogen) atoms. The third kappa shape index (κ3) is 2.42. The highest BCUT2D eigenvalue weighted by Gasteiger charge is 2.04. The van der Waals surface area contributed by atoms with Gasteiger partial charge in [-0.2, -0.15) is 0 Å². The Morgan fingerprint density at radius 1 is 0.947 bits per heavy atom. The van der Waals surface area contributed by atoms with Gasteiger partial charge in [-0.05, 0) is 42.0 Å². The summed E-state index contributed by atoms with van der Waals surface area (Å²) in [5.74, 6) is 0. The second-order valence-corrected chi connectivity index (χ2v) is 5.32. The lowest BCUT2D eigenvalue weighted by Crippen LogP contribution is -1.97. The van der Waals surface area contributed by atoms with E-state index in [1.807, 2.05) is 42.6 Å². The molecule has 0 fully saturated rings. The zero-order valence-electron chi connectivity index (χ0n) is 10.1. The second kappa shape index (κ2) is 4.80. The third-order valence-electron chi connectivity index (χ3n) is 3.13. The summed E-state index contributed by atoms with van der Waals surface area (Å²) in [7, 11) is 0. The van der Waals surface area contributed by atoms with Crippen LogP contribution in [-0.2, 0) is 6.54 Å². The zero-order chi connectivity index (χ0) is 13.4. The first kappa shape index (κ1) is 12.4. The van der Waals surface area contributed by atoms with Gasteiger partial charge in [-0.3, -0.25) is 0 Å². The van der Waals surface area contributed by atoms with Gasteiger partial charge in [-0.1, -0.05) is 29.3 Å². The van der Waals surface area contributed by atoms with E-state index in [1.54, 1.807) is 0 Å². The molecule has 0 radical (unpaired) electrons. The quantitative estimate of drug-likeness (QED) is 0.688. The van der Waals surface area contributed by atoms with Crippen molar-refractivity contribution < 1.29 is 0 Å². The fourth-order valence-corrected chi connectivity index (χ4v) is 2.51. The molecule has 0 saturated carbocycles. The number of hydrogen-bond acceptors (Lipinski definition) is 1. The monoisotopic (exact) mass is 290 g/mol. The second-order valence-electron chi connectivity index (χ2n) is 4.51. The van der Waals surface area contributed by atoms with Crippen molar-refractivity contribution in [3.63, 3.8) is 0 Å². The van der Waals surface area contributed by atoms with E-state index in [0.29, 0.717) is 10.0 Å². The van der Waals surface area contributed by atoms with Crippen LogP contribution in [0.15, 0.2) is 48.7 Å². The van der Waals surface area contributed by atoms with Gasteiger partial charge in [-0.25, -0.2) is 0 Å². The Kier molecular flexibility index (Phi) is 3.13. The average Bonchev–Trinajstić information content (AvgIpc) is 2.76. The number of benzene rings is 2. The van der Waals surface area contributed by atoms with Crippen LogP contribution in [0, 0.1) is 0 Å². The van der Waals surface area contributed by atoms with Crippen LogP contribution in [0.25, 0.3) is 10.9 Å². The topological polar surface area (TPSA) is 30.9 Å². The van der Waals surface area contributed by atoms with Crippen molar-refractivity contribution >= 4 is 39.8 Å². The van der Waals surface area contributed by atoms with Crippen LogP contribution in [0.1, 0.15) is 5.56 Å². The first-order chi connectivity index (χ1) is 9.13. The van der Waals surface area contributed by atoms with Gasteiger partial charge in [0.15, 0.2) is 0 Å². The molecule has 0 saturated heterocycles. The van der Waals surface area contributed by atoms with Crippen molar-refractivity contribution in [1.29, 1.82) is 0 Å². The predicted octanol–water partition coefficient (Wildman–Crippen LogP) is 4.58. The number of rotatable bonds is 2. The first-order valence-corrected chi connectivity index (χ1v) is 6.67. The number of nitrogen functional groups attached to an aromatic ring is 1. The zero-order valence-corrected chi connectivity index (χ0v) is 11.6. The molecule has 0 amide bonds. The molecule has 96 valence electrons. The van der Waals surface area contributed by atoms with Crippen LogP contribution in [0.4, 0.5) is 5.69 Å². The summed E-state index contributed by atoms with van der Waals surface area (Å²) < 4.78 is 2.16. The van der Waals surface area contributed by atoms with Gasteiger partial charge >= 0.3 is 0 Å². The number of fused-ring (bicyclic) bond motifs is 1. The maximum absolute atomic E-state index is 6.04. The fourth-order valence-electron chi connectivity index (χ4n) is 2.19. The fraction of sp³-hybridized carbons (Fsp3) is 0.0667. The van der Waals surface area contributed by atoms with Gasteiger partial charge < -0.3 is 10.3 Å². The molecule has 0 unspecified atom stereocenters. The molecule has 0 aliphatic heterocycles. The SMILES string of the molecule is Nc1ccc2c(ccn2Cc2ccc(Cl)c(Cl)c2)c1. The molecule has 3 rings (SSSR count). The Labute approximate surface area is 121 Å². The molecular weight excluding hydrogens is 279 g/mol. The van der Waals surface area contributed by atoms with Crippen LogP contribution < -0.4 is 5.73 Å². The lowest BCUT2D eigenvalue weighted by molar-refractivity contribution is 0.837. The van der Waals surface area contributed by atoms with E-state index < -0.39 is 0 Å². The molecule has 0 atom stereocenters. The summed E-state index contributed by atoms with van der Waals surface area (Å²) in [5, 5.41) is 2.30. The van der Waals surface area contributed by atoms with Gasteiger partial charge in [0.05, 0.1) is 10.0 Å². The normalized spacial score (nSPS) is 11.1. The maximum Gasteiger partial charge on any atom is 0.0595 e. The number of halogens is 2. The van der Waals surface area contributed by atoms with Crippen molar-refractivity contribution in [3.05, 3.63) is 64.3 Å². The molecular formula is C15H12Cl2N2. The van der Waals surface area contributed by atoms with Gasteiger partial charge in [0.25, 0.3) is 0 Å². The summed E-state index contributed by atoms with van der Waals surface area (Å²) in [6, 6.07) is 13.7. The standard InChI is InChI=1S/C15H12Cl2N2/c16-13-3-1-10(7-14(13)17)9-19-6-5-11-8-12(18)2-4-15(11)19/h1-8H,9,18H2. The average molecular weight is 291 g/mol. The van der Waals surface area contributed by atoms with Crippen LogP contribution >= 0.6 is 23.2 Å². The number of anilines is 1. The van der Waals surface area contributed by atoms with Crippen LogP contribution in [-0.4, -0.2) is 4.57 Å². The molecule has 2 aromatic carbocycles. The minimum absolute atomic E-state index is 0.579. The van der Waals surface area contributed by atoms with Crippen molar-refractivity contribution in [2.75, 3.05) is 5.73 Å².